The lowest BCUT2D eigenvalue weighted by Gasteiger charge is -2.25. The number of carbonyl (C=O) groups excluding carboxylic acids is 1. The first-order valence-electron chi connectivity index (χ1n) is 9.42. The van der Waals surface area contributed by atoms with Crippen LogP contribution in [-0.2, 0) is 13.0 Å². The molecule has 8 heteroatoms. The van der Waals surface area contributed by atoms with Crippen LogP contribution in [-0.4, -0.2) is 32.3 Å². The first-order chi connectivity index (χ1) is 13.9. The number of hydrogen-bond donors (Lipinski definition) is 0. The maximum absolute atomic E-state index is 13.0. The Labute approximate surface area is 166 Å². The van der Waals surface area contributed by atoms with E-state index in [-0.39, 0.29) is 23.2 Å². The van der Waals surface area contributed by atoms with Gasteiger partial charge in [0.1, 0.15) is 5.82 Å². The van der Waals surface area contributed by atoms with Gasteiger partial charge in [0.2, 0.25) is 0 Å². The molecule has 1 aliphatic heterocycles. The molecule has 0 saturated carbocycles. The molecule has 2 aromatic carbocycles. The molecule has 3 aromatic rings. The van der Waals surface area contributed by atoms with Gasteiger partial charge in [0.25, 0.3) is 17.2 Å². The van der Waals surface area contributed by atoms with E-state index in [4.69, 9.17) is 0 Å². The molecular formula is C21H20N4O4. The predicted molar refractivity (Wildman–Crippen MR) is 108 cm³/mol. The molecule has 1 amide bonds. The van der Waals surface area contributed by atoms with Gasteiger partial charge in [-0.15, -0.1) is 0 Å². The Bertz CT molecular complexity index is 1200. The Kier molecular flexibility index (Phi) is 4.62. The minimum absolute atomic E-state index is 0.0144. The molecule has 0 radical (unpaired) electrons. The van der Waals surface area contributed by atoms with Gasteiger partial charge in [-0.1, -0.05) is 12.1 Å². The quantitative estimate of drug-likeness (QED) is 0.502. The van der Waals surface area contributed by atoms with E-state index in [0.717, 1.165) is 18.7 Å². The number of carbonyl (C=O) groups is 1. The minimum Gasteiger partial charge on any atom is -0.335 e. The van der Waals surface area contributed by atoms with E-state index in [1.54, 1.807) is 41.9 Å². The summed E-state index contributed by atoms with van der Waals surface area (Å²) in [5, 5.41) is 11.5. The van der Waals surface area contributed by atoms with Crippen LogP contribution < -0.4 is 5.56 Å². The van der Waals surface area contributed by atoms with Crippen molar-refractivity contribution >= 4 is 22.5 Å². The Morgan fingerprint density at radius 2 is 2.07 bits per heavy atom. The molecule has 29 heavy (non-hydrogen) atoms. The van der Waals surface area contributed by atoms with Gasteiger partial charge < -0.3 is 4.90 Å². The van der Waals surface area contributed by atoms with Crippen molar-refractivity contribution in [2.75, 3.05) is 7.05 Å². The topological polar surface area (TPSA) is 98.3 Å². The van der Waals surface area contributed by atoms with E-state index < -0.39 is 4.92 Å². The van der Waals surface area contributed by atoms with Crippen molar-refractivity contribution in [1.29, 1.82) is 0 Å². The molecule has 1 aromatic heterocycles. The molecule has 4 rings (SSSR count). The maximum atomic E-state index is 13.0. The number of hydrogen-bond acceptors (Lipinski definition) is 5. The van der Waals surface area contributed by atoms with Crippen LogP contribution in [0.3, 0.4) is 0 Å². The normalized spacial score (nSPS) is 13.9. The highest BCUT2D eigenvalue weighted by molar-refractivity contribution is 5.97. The van der Waals surface area contributed by atoms with E-state index >= 15 is 0 Å². The highest BCUT2D eigenvalue weighted by Gasteiger charge is 2.22. The highest BCUT2D eigenvalue weighted by Crippen LogP contribution is 2.25. The van der Waals surface area contributed by atoms with Gasteiger partial charge >= 0.3 is 0 Å². The number of benzene rings is 2. The number of aryl methyl sites for hydroxylation is 1. The molecule has 0 N–H and O–H groups in total. The summed E-state index contributed by atoms with van der Waals surface area (Å²) in [6.07, 6.45) is 1.65. The van der Waals surface area contributed by atoms with Crippen molar-refractivity contribution in [3.8, 4) is 0 Å². The molecule has 0 saturated heterocycles. The molecule has 8 nitrogen and oxygen atoms in total. The predicted octanol–water partition coefficient (Wildman–Crippen LogP) is 3.08. The summed E-state index contributed by atoms with van der Waals surface area (Å²) >= 11 is 0. The number of nitro benzene ring substituents is 1. The van der Waals surface area contributed by atoms with Gasteiger partial charge in [-0.25, -0.2) is 4.98 Å². The lowest BCUT2D eigenvalue weighted by molar-refractivity contribution is -0.384. The SMILES string of the molecule is C[C@H](c1cccc([N+](=O)[O-])c1)N(C)C(=O)c1ccc2c(=O)n3c(nc2c1)CCC3. The molecule has 0 aliphatic carbocycles. The maximum Gasteiger partial charge on any atom is 0.269 e. The Hall–Kier alpha value is -3.55. The number of nitrogens with zero attached hydrogens (tertiary/aromatic N) is 4. The average molecular weight is 392 g/mol. The number of amides is 1. The van der Waals surface area contributed by atoms with Crippen LogP contribution in [0.2, 0.25) is 0 Å². The van der Waals surface area contributed by atoms with Gasteiger partial charge in [0.05, 0.1) is 21.9 Å². The molecule has 148 valence electrons. The van der Waals surface area contributed by atoms with E-state index in [1.807, 2.05) is 6.92 Å². The highest BCUT2D eigenvalue weighted by atomic mass is 16.6. The zero-order chi connectivity index (χ0) is 20.7. The minimum atomic E-state index is -0.454. The van der Waals surface area contributed by atoms with Crippen LogP contribution in [0.15, 0.2) is 47.3 Å². The first kappa shape index (κ1) is 18.8. The van der Waals surface area contributed by atoms with Crippen molar-refractivity contribution in [1.82, 2.24) is 14.5 Å². The standard InChI is InChI=1S/C21H20N4O4/c1-13(14-5-3-6-16(11-14)25(28)29)23(2)20(26)15-8-9-17-18(12-15)22-19-7-4-10-24(19)21(17)27/h3,5-6,8-9,11-13H,4,7,10H2,1-2H3/t13-/m1/s1. The lowest BCUT2D eigenvalue weighted by Crippen LogP contribution is -2.30. The van der Waals surface area contributed by atoms with Crippen molar-refractivity contribution < 1.29 is 9.72 Å². The third kappa shape index (κ3) is 3.26. The Morgan fingerprint density at radius 3 is 2.83 bits per heavy atom. The number of rotatable bonds is 4. The third-order valence-corrected chi connectivity index (χ3v) is 5.53. The molecule has 0 unspecified atom stereocenters. The molecule has 2 heterocycles. The molecule has 0 bridgehead atoms. The first-order valence-corrected chi connectivity index (χ1v) is 9.42. The van der Waals surface area contributed by atoms with Crippen LogP contribution in [0.5, 0.6) is 0 Å². The fraction of sp³-hybridized carbons (Fsp3) is 0.286. The lowest BCUT2D eigenvalue weighted by atomic mass is 10.0. The van der Waals surface area contributed by atoms with Crippen LogP contribution >= 0.6 is 0 Å². The van der Waals surface area contributed by atoms with Gasteiger partial charge in [-0.05, 0) is 37.1 Å². The van der Waals surface area contributed by atoms with E-state index in [2.05, 4.69) is 4.98 Å². The number of fused-ring (bicyclic) bond motifs is 2. The zero-order valence-electron chi connectivity index (χ0n) is 16.2. The van der Waals surface area contributed by atoms with E-state index in [9.17, 15) is 19.7 Å². The van der Waals surface area contributed by atoms with E-state index in [0.29, 0.717) is 28.6 Å². The van der Waals surface area contributed by atoms with Crippen LogP contribution in [0.4, 0.5) is 5.69 Å². The summed E-state index contributed by atoms with van der Waals surface area (Å²) in [5.41, 5.74) is 1.53. The largest absolute Gasteiger partial charge is 0.335 e. The van der Waals surface area contributed by atoms with Crippen molar-refractivity contribution in [3.05, 3.63) is 79.9 Å². The summed E-state index contributed by atoms with van der Waals surface area (Å²) in [7, 11) is 1.65. The number of aromatic nitrogens is 2. The fourth-order valence-electron chi connectivity index (χ4n) is 3.72. The summed E-state index contributed by atoms with van der Waals surface area (Å²) in [6.45, 7) is 2.50. The zero-order valence-corrected chi connectivity index (χ0v) is 16.2. The van der Waals surface area contributed by atoms with Crippen LogP contribution in [0.1, 0.15) is 41.1 Å². The van der Waals surface area contributed by atoms with Crippen molar-refractivity contribution in [3.63, 3.8) is 0 Å². The second-order valence-corrected chi connectivity index (χ2v) is 7.26. The molecule has 1 aliphatic rings. The fourth-order valence-corrected chi connectivity index (χ4v) is 3.72. The molecule has 0 spiro atoms. The second-order valence-electron chi connectivity index (χ2n) is 7.26. The molecule has 1 atom stereocenters. The Morgan fingerprint density at radius 1 is 1.28 bits per heavy atom. The molecular weight excluding hydrogens is 372 g/mol. The molecule has 0 fully saturated rings. The van der Waals surface area contributed by atoms with Gasteiger partial charge in [0, 0.05) is 37.7 Å². The van der Waals surface area contributed by atoms with E-state index in [1.165, 1.54) is 17.0 Å². The third-order valence-electron chi connectivity index (χ3n) is 5.53. The van der Waals surface area contributed by atoms with Gasteiger partial charge in [-0.2, -0.15) is 0 Å². The monoisotopic (exact) mass is 392 g/mol. The van der Waals surface area contributed by atoms with Crippen molar-refractivity contribution in [2.45, 2.75) is 32.4 Å². The van der Waals surface area contributed by atoms with Gasteiger partial charge in [-0.3, -0.25) is 24.3 Å². The van der Waals surface area contributed by atoms with Crippen LogP contribution in [0, 0.1) is 10.1 Å². The number of non-ortho nitro benzene ring substituents is 1. The summed E-state index contributed by atoms with van der Waals surface area (Å²) in [5.74, 6) is 0.513. The summed E-state index contributed by atoms with van der Waals surface area (Å²) < 4.78 is 1.69. The summed E-state index contributed by atoms with van der Waals surface area (Å²) in [4.78, 5) is 42.3. The average Bonchev–Trinajstić information content (AvgIpc) is 3.20. The smallest absolute Gasteiger partial charge is 0.269 e. The second kappa shape index (κ2) is 7.12. The van der Waals surface area contributed by atoms with Crippen molar-refractivity contribution in [2.24, 2.45) is 0 Å². The number of nitro groups is 1. The Balaban J connectivity index is 1.66. The van der Waals surface area contributed by atoms with Crippen LogP contribution in [0.25, 0.3) is 10.9 Å². The van der Waals surface area contributed by atoms with Gasteiger partial charge in [0.15, 0.2) is 0 Å². The summed E-state index contributed by atoms with van der Waals surface area (Å²) in [6, 6.07) is 10.8.